The van der Waals surface area contributed by atoms with Crippen molar-refractivity contribution in [3.63, 3.8) is 0 Å². The van der Waals surface area contributed by atoms with Crippen LogP contribution in [0.3, 0.4) is 0 Å². The maximum absolute atomic E-state index is 12.2. The van der Waals surface area contributed by atoms with Gasteiger partial charge in [-0.05, 0) is 26.0 Å². The fourth-order valence-corrected chi connectivity index (χ4v) is 2.05. The van der Waals surface area contributed by atoms with E-state index < -0.39 is 0 Å². The van der Waals surface area contributed by atoms with E-state index in [4.69, 9.17) is 0 Å². The standard InChI is InChI=1S/C14H19N3O2/c1-10(2)15(3)13(18)9-17-12-8-6-5-7-11(12)16(4)14(17)19/h5-8,10H,9H2,1-4H3. The quantitative estimate of drug-likeness (QED) is 0.833. The molecule has 0 fully saturated rings. The Bertz CT molecular complexity index is 667. The molecule has 0 spiro atoms. The van der Waals surface area contributed by atoms with E-state index in [1.807, 2.05) is 38.1 Å². The molecule has 1 heterocycles. The van der Waals surface area contributed by atoms with E-state index in [0.717, 1.165) is 11.0 Å². The van der Waals surface area contributed by atoms with E-state index in [2.05, 4.69) is 0 Å². The van der Waals surface area contributed by atoms with Gasteiger partial charge in [-0.15, -0.1) is 0 Å². The van der Waals surface area contributed by atoms with E-state index in [1.54, 1.807) is 23.6 Å². The number of hydrogen-bond acceptors (Lipinski definition) is 2. The van der Waals surface area contributed by atoms with Crippen molar-refractivity contribution in [1.82, 2.24) is 14.0 Å². The predicted molar refractivity (Wildman–Crippen MR) is 75.1 cm³/mol. The van der Waals surface area contributed by atoms with Crippen LogP contribution < -0.4 is 5.69 Å². The highest BCUT2D eigenvalue weighted by Crippen LogP contribution is 2.11. The van der Waals surface area contributed by atoms with Gasteiger partial charge in [0.25, 0.3) is 0 Å². The van der Waals surface area contributed by atoms with E-state index in [9.17, 15) is 9.59 Å². The number of benzene rings is 1. The molecule has 2 aromatic rings. The first-order chi connectivity index (χ1) is 8.93. The molecular weight excluding hydrogens is 242 g/mol. The maximum atomic E-state index is 12.2. The molecule has 5 heteroatoms. The van der Waals surface area contributed by atoms with Gasteiger partial charge in [0.05, 0.1) is 11.0 Å². The smallest absolute Gasteiger partial charge is 0.329 e. The van der Waals surface area contributed by atoms with Gasteiger partial charge in [0.1, 0.15) is 6.54 Å². The molecule has 0 aliphatic carbocycles. The molecule has 0 unspecified atom stereocenters. The lowest BCUT2D eigenvalue weighted by Crippen LogP contribution is -2.37. The number of aryl methyl sites for hydroxylation is 1. The molecule has 0 atom stereocenters. The number of carbonyl (C=O) groups excluding carboxylic acids is 1. The van der Waals surface area contributed by atoms with E-state index in [1.165, 1.54) is 4.57 Å². The highest BCUT2D eigenvalue weighted by Gasteiger charge is 2.17. The van der Waals surface area contributed by atoms with Crippen molar-refractivity contribution in [1.29, 1.82) is 0 Å². The summed E-state index contributed by atoms with van der Waals surface area (Å²) in [4.78, 5) is 25.9. The lowest BCUT2D eigenvalue weighted by atomic mass is 10.3. The number of carbonyl (C=O) groups is 1. The summed E-state index contributed by atoms with van der Waals surface area (Å²) in [6, 6.07) is 7.62. The zero-order chi connectivity index (χ0) is 14.2. The number of imidazole rings is 1. The van der Waals surface area contributed by atoms with Gasteiger partial charge in [0.2, 0.25) is 5.91 Å². The fourth-order valence-electron chi connectivity index (χ4n) is 2.05. The second-order valence-corrected chi connectivity index (χ2v) is 5.01. The molecular formula is C14H19N3O2. The number of amides is 1. The van der Waals surface area contributed by atoms with Crippen molar-refractivity contribution in [2.75, 3.05) is 7.05 Å². The summed E-state index contributed by atoms with van der Waals surface area (Å²) in [5.74, 6) is -0.0616. The van der Waals surface area contributed by atoms with Crippen LogP contribution in [0.1, 0.15) is 13.8 Å². The summed E-state index contributed by atoms with van der Waals surface area (Å²) in [6.45, 7) is 3.97. The van der Waals surface area contributed by atoms with Crippen molar-refractivity contribution in [3.8, 4) is 0 Å². The minimum atomic E-state index is -0.160. The van der Waals surface area contributed by atoms with Crippen LogP contribution in [-0.4, -0.2) is 33.0 Å². The van der Waals surface area contributed by atoms with Crippen molar-refractivity contribution < 1.29 is 4.79 Å². The van der Waals surface area contributed by atoms with Crippen LogP contribution in [0.2, 0.25) is 0 Å². The van der Waals surface area contributed by atoms with Crippen molar-refractivity contribution in [2.45, 2.75) is 26.4 Å². The van der Waals surface area contributed by atoms with Gasteiger partial charge in [-0.3, -0.25) is 13.9 Å². The Kier molecular flexibility index (Phi) is 3.46. The summed E-state index contributed by atoms with van der Waals surface area (Å²) >= 11 is 0. The number of hydrogen-bond donors (Lipinski definition) is 0. The molecule has 1 aromatic heterocycles. The Labute approximate surface area is 112 Å². The van der Waals surface area contributed by atoms with Crippen LogP contribution in [0, 0.1) is 0 Å². The van der Waals surface area contributed by atoms with Crippen LogP contribution in [0.4, 0.5) is 0 Å². The summed E-state index contributed by atoms with van der Waals surface area (Å²) in [5, 5.41) is 0. The Morgan fingerprint density at radius 2 is 1.84 bits per heavy atom. The average molecular weight is 261 g/mol. The molecule has 1 amide bonds. The van der Waals surface area contributed by atoms with E-state index >= 15 is 0 Å². The van der Waals surface area contributed by atoms with Crippen LogP contribution in [0.5, 0.6) is 0 Å². The number of fused-ring (bicyclic) bond motifs is 1. The normalized spacial score (nSPS) is 11.2. The number of aromatic nitrogens is 2. The third kappa shape index (κ3) is 2.28. The molecule has 102 valence electrons. The number of rotatable bonds is 3. The Hall–Kier alpha value is -2.04. The lowest BCUT2D eigenvalue weighted by molar-refractivity contribution is -0.131. The van der Waals surface area contributed by atoms with Crippen LogP contribution in [0.25, 0.3) is 11.0 Å². The maximum Gasteiger partial charge on any atom is 0.329 e. The molecule has 19 heavy (non-hydrogen) atoms. The molecule has 2 rings (SSSR count). The molecule has 0 aliphatic rings. The van der Waals surface area contributed by atoms with Gasteiger partial charge in [-0.1, -0.05) is 12.1 Å². The first-order valence-corrected chi connectivity index (χ1v) is 6.33. The third-order valence-electron chi connectivity index (χ3n) is 3.51. The molecule has 0 radical (unpaired) electrons. The largest absolute Gasteiger partial charge is 0.342 e. The third-order valence-corrected chi connectivity index (χ3v) is 3.51. The van der Waals surface area contributed by atoms with Gasteiger partial charge in [0.15, 0.2) is 0 Å². The first kappa shape index (κ1) is 13.4. The summed E-state index contributed by atoms with van der Waals surface area (Å²) in [6.07, 6.45) is 0. The van der Waals surface area contributed by atoms with Gasteiger partial charge in [-0.2, -0.15) is 0 Å². The van der Waals surface area contributed by atoms with Crippen LogP contribution in [0.15, 0.2) is 29.1 Å². The SMILES string of the molecule is CC(C)N(C)C(=O)Cn1c(=O)n(C)c2ccccc21. The minimum Gasteiger partial charge on any atom is -0.342 e. The lowest BCUT2D eigenvalue weighted by Gasteiger charge is -2.21. The van der Waals surface area contributed by atoms with E-state index in [0.29, 0.717) is 0 Å². The second-order valence-electron chi connectivity index (χ2n) is 5.01. The van der Waals surface area contributed by atoms with E-state index in [-0.39, 0.29) is 24.2 Å². The zero-order valence-corrected chi connectivity index (χ0v) is 11.8. The molecule has 0 aliphatic heterocycles. The molecule has 0 N–H and O–H groups in total. The number of likely N-dealkylation sites (N-methyl/N-ethyl adjacent to an activating group) is 1. The topological polar surface area (TPSA) is 47.2 Å². The first-order valence-electron chi connectivity index (χ1n) is 6.33. The van der Waals surface area contributed by atoms with Crippen LogP contribution in [-0.2, 0) is 18.4 Å². The Morgan fingerprint density at radius 1 is 1.26 bits per heavy atom. The van der Waals surface area contributed by atoms with Crippen molar-refractivity contribution in [3.05, 3.63) is 34.7 Å². The summed E-state index contributed by atoms with van der Waals surface area (Å²) in [5.41, 5.74) is 1.47. The van der Waals surface area contributed by atoms with Crippen molar-refractivity contribution in [2.24, 2.45) is 7.05 Å². The summed E-state index contributed by atoms with van der Waals surface area (Å²) in [7, 11) is 3.47. The molecule has 1 aromatic carbocycles. The predicted octanol–water partition coefficient (Wildman–Crippen LogP) is 1.21. The van der Waals surface area contributed by atoms with Crippen molar-refractivity contribution >= 4 is 16.9 Å². The van der Waals surface area contributed by atoms with Gasteiger partial charge in [-0.25, -0.2) is 4.79 Å². The average Bonchev–Trinajstić information content (AvgIpc) is 2.63. The number of para-hydroxylation sites is 2. The van der Waals surface area contributed by atoms with Gasteiger partial charge < -0.3 is 4.90 Å². The van der Waals surface area contributed by atoms with Gasteiger partial charge in [0, 0.05) is 20.1 Å². The zero-order valence-electron chi connectivity index (χ0n) is 11.8. The second kappa shape index (κ2) is 4.91. The summed E-state index contributed by atoms with van der Waals surface area (Å²) < 4.78 is 3.09. The molecule has 0 saturated carbocycles. The highest BCUT2D eigenvalue weighted by molar-refractivity contribution is 5.80. The monoisotopic (exact) mass is 261 g/mol. The molecule has 5 nitrogen and oxygen atoms in total. The number of nitrogens with zero attached hydrogens (tertiary/aromatic N) is 3. The van der Waals surface area contributed by atoms with Gasteiger partial charge >= 0.3 is 5.69 Å². The van der Waals surface area contributed by atoms with Crippen LogP contribution >= 0.6 is 0 Å². The fraction of sp³-hybridized carbons (Fsp3) is 0.429. The molecule has 0 saturated heterocycles. The minimum absolute atomic E-state index is 0.0616. The molecule has 0 bridgehead atoms. The Morgan fingerprint density at radius 3 is 2.42 bits per heavy atom. The Balaban J connectivity index is 2.44. The highest BCUT2D eigenvalue weighted by atomic mass is 16.2.